The molecule has 0 aliphatic rings. The van der Waals surface area contributed by atoms with E-state index in [-0.39, 0.29) is 34.6 Å². The van der Waals surface area contributed by atoms with Crippen molar-refractivity contribution in [3.8, 4) is 0 Å². The standard InChI is InChI=1S/C10H11BrF2N2O2/c1-2-17-8(16)4-7-5(9(12)13)3-6(11)10(14)15-7/h3,9H,2,4H2,1H3,(H2,14,15). The number of aromatic nitrogens is 1. The average Bonchev–Trinajstić information content (AvgIpc) is 2.23. The van der Waals surface area contributed by atoms with Gasteiger partial charge in [-0.25, -0.2) is 13.8 Å². The monoisotopic (exact) mass is 308 g/mol. The van der Waals surface area contributed by atoms with Crippen LogP contribution in [0.2, 0.25) is 0 Å². The smallest absolute Gasteiger partial charge is 0.311 e. The summed E-state index contributed by atoms with van der Waals surface area (Å²) in [5.74, 6) is -0.544. The summed E-state index contributed by atoms with van der Waals surface area (Å²) in [6, 6.07) is 1.17. The first-order valence-corrected chi connectivity index (χ1v) is 5.63. The Morgan fingerprint density at radius 2 is 2.29 bits per heavy atom. The second-order valence-electron chi connectivity index (χ2n) is 3.17. The number of nitrogens with two attached hydrogens (primary N) is 1. The molecule has 0 radical (unpaired) electrons. The molecular formula is C10H11BrF2N2O2. The molecule has 0 spiro atoms. The Morgan fingerprint density at radius 1 is 1.65 bits per heavy atom. The van der Waals surface area contributed by atoms with E-state index in [0.717, 1.165) is 0 Å². The van der Waals surface area contributed by atoms with Crippen molar-refractivity contribution in [1.82, 2.24) is 4.98 Å². The van der Waals surface area contributed by atoms with E-state index in [1.54, 1.807) is 6.92 Å². The molecule has 2 N–H and O–H groups in total. The van der Waals surface area contributed by atoms with E-state index in [1.165, 1.54) is 6.07 Å². The summed E-state index contributed by atoms with van der Waals surface area (Å²) < 4.78 is 30.4. The molecule has 0 bridgehead atoms. The Balaban J connectivity index is 3.04. The van der Waals surface area contributed by atoms with Gasteiger partial charge in [0.2, 0.25) is 0 Å². The van der Waals surface area contributed by atoms with E-state index in [9.17, 15) is 13.6 Å². The quantitative estimate of drug-likeness (QED) is 0.868. The molecule has 17 heavy (non-hydrogen) atoms. The number of anilines is 1. The summed E-state index contributed by atoms with van der Waals surface area (Å²) in [6.07, 6.45) is -3.03. The molecule has 0 atom stereocenters. The van der Waals surface area contributed by atoms with Gasteiger partial charge in [-0.2, -0.15) is 0 Å². The fraction of sp³-hybridized carbons (Fsp3) is 0.400. The highest BCUT2D eigenvalue weighted by Gasteiger charge is 2.19. The molecule has 4 nitrogen and oxygen atoms in total. The minimum atomic E-state index is -2.72. The highest BCUT2D eigenvalue weighted by Crippen LogP contribution is 2.28. The predicted octanol–water partition coefficient (Wildman–Crippen LogP) is 2.47. The molecule has 0 saturated heterocycles. The first kappa shape index (κ1) is 13.8. The van der Waals surface area contributed by atoms with Gasteiger partial charge >= 0.3 is 5.97 Å². The number of hydrogen-bond donors (Lipinski definition) is 1. The number of carbonyl (C=O) groups is 1. The van der Waals surface area contributed by atoms with E-state index in [4.69, 9.17) is 5.73 Å². The summed E-state index contributed by atoms with van der Waals surface area (Å²) in [4.78, 5) is 15.0. The molecule has 1 heterocycles. The van der Waals surface area contributed by atoms with Crippen molar-refractivity contribution < 1.29 is 18.3 Å². The van der Waals surface area contributed by atoms with Crippen LogP contribution < -0.4 is 5.73 Å². The third-order valence-electron chi connectivity index (χ3n) is 1.97. The number of carbonyl (C=O) groups excluding carboxylic acids is 1. The molecule has 0 aromatic carbocycles. The van der Waals surface area contributed by atoms with Crippen molar-refractivity contribution in [3.05, 3.63) is 21.8 Å². The SMILES string of the molecule is CCOC(=O)Cc1nc(N)c(Br)cc1C(F)F. The number of nitrogen functional groups attached to an aromatic ring is 1. The van der Waals surface area contributed by atoms with Gasteiger partial charge in [-0.1, -0.05) is 0 Å². The zero-order valence-electron chi connectivity index (χ0n) is 9.04. The molecule has 0 saturated carbocycles. The van der Waals surface area contributed by atoms with Crippen LogP contribution in [0, 0.1) is 0 Å². The van der Waals surface area contributed by atoms with Gasteiger partial charge in [0, 0.05) is 5.56 Å². The maximum absolute atomic E-state index is 12.7. The number of esters is 1. The van der Waals surface area contributed by atoms with Gasteiger partial charge in [0.05, 0.1) is 23.2 Å². The predicted molar refractivity (Wildman–Crippen MR) is 61.6 cm³/mol. The van der Waals surface area contributed by atoms with Crippen molar-refractivity contribution in [2.45, 2.75) is 19.8 Å². The van der Waals surface area contributed by atoms with Crippen LogP contribution in [0.1, 0.15) is 24.6 Å². The molecule has 0 aliphatic heterocycles. The van der Waals surface area contributed by atoms with Crippen molar-refractivity contribution in [1.29, 1.82) is 0 Å². The number of alkyl halides is 2. The largest absolute Gasteiger partial charge is 0.466 e. The maximum atomic E-state index is 12.7. The third kappa shape index (κ3) is 3.62. The van der Waals surface area contributed by atoms with Gasteiger partial charge in [0.15, 0.2) is 0 Å². The maximum Gasteiger partial charge on any atom is 0.311 e. The number of nitrogens with zero attached hydrogens (tertiary/aromatic N) is 1. The molecule has 0 aliphatic carbocycles. The number of ether oxygens (including phenoxy) is 1. The Bertz CT molecular complexity index is 427. The molecule has 0 amide bonds. The highest BCUT2D eigenvalue weighted by molar-refractivity contribution is 9.10. The van der Waals surface area contributed by atoms with Crippen LogP contribution in [0.4, 0.5) is 14.6 Å². The first-order valence-electron chi connectivity index (χ1n) is 4.84. The summed E-state index contributed by atoms with van der Waals surface area (Å²) in [5.41, 5.74) is 5.11. The fourth-order valence-corrected chi connectivity index (χ4v) is 1.57. The van der Waals surface area contributed by atoms with Gasteiger partial charge in [-0.15, -0.1) is 0 Å². The van der Waals surface area contributed by atoms with Crippen LogP contribution in [0.5, 0.6) is 0 Å². The third-order valence-corrected chi connectivity index (χ3v) is 2.60. The average molecular weight is 309 g/mol. The van der Waals surface area contributed by atoms with Gasteiger partial charge in [0.1, 0.15) is 5.82 Å². The minimum absolute atomic E-state index is 0.0563. The van der Waals surface area contributed by atoms with E-state index in [1.807, 2.05) is 0 Å². The number of hydrogen-bond acceptors (Lipinski definition) is 4. The summed E-state index contributed by atoms with van der Waals surface area (Å²) >= 11 is 3.01. The number of rotatable bonds is 4. The second-order valence-corrected chi connectivity index (χ2v) is 4.03. The Morgan fingerprint density at radius 3 is 2.82 bits per heavy atom. The van der Waals surface area contributed by atoms with Gasteiger partial charge in [-0.05, 0) is 28.9 Å². The van der Waals surface area contributed by atoms with E-state index >= 15 is 0 Å². The normalized spacial score (nSPS) is 10.6. The van der Waals surface area contributed by atoms with E-state index in [2.05, 4.69) is 25.7 Å². The molecular weight excluding hydrogens is 298 g/mol. The summed E-state index contributed by atoms with van der Waals surface area (Å²) in [5, 5.41) is 0. The molecule has 94 valence electrons. The molecule has 1 rings (SSSR count). The van der Waals surface area contributed by atoms with E-state index in [0.29, 0.717) is 0 Å². The van der Waals surface area contributed by atoms with Crippen LogP contribution in [-0.4, -0.2) is 17.6 Å². The Hall–Kier alpha value is -1.24. The number of halogens is 3. The van der Waals surface area contributed by atoms with Crippen LogP contribution in [0.3, 0.4) is 0 Å². The first-order chi connectivity index (χ1) is 7.95. The lowest BCUT2D eigenvalue weighted by Gasteiger charge is -2.09. The van der Waals surface area contributed by atoms with Crippen LogP contribution in [0.15, 0.2) is 10.5 Å². The molecule has 0 unspecified atom stereocenters. The zero-order chi connectivity index (χ0) is 13.0. The Kier molecular flexibility index (Phi) is 4.80. The van der Waals surface area contributed by atoms with Crippen molar-refractivity contribution in [2.24, 2.45) is 0 Å². The van der Waals surface area contributed by atoms with Gasteiger partial charge in [-0.3, -0.25) is 4.79 Å². The molecule has 7 heteroatoms. The van der Waals surface area contributed by atoms with Gasteiger partial charge < -0.3 is 10.5 Å². The lowest BCUT2D eigenvalue weighted by molar-refractivity contribution is -0.142. The van der Waals surface area contributed by atoms with Crippen molar-refractivity contribution in [2.75, 3.05) is 12.3 Å². The lowest BCUT2D eigenvalue weighted by atomic mass is 10.1. The fourth-order valence-electron chi connectivity index (χ4n) is 1.24. The molecule has 1 aromatic rings. The molecule has 1 aromatic heterocycles. The summed E-state index contributed by atoms with van der Waals surface area (Å²) in [7, 11) is 0. The number of pyridine rings is 1. The van der Waals surface area contributed by atoms with Crippen LogP contribution in [0.25, 0.3) is 0 Å². The van der Waals surface area contributed by atoms with Crippen LogP contribution >= 0.6 is 15.9 Å². The minimum Gasteiger partial charge on any atom is -0.466 e. The van der Waals surface area contributed by atoms with Crippen molar-refractivity contribution in [3.63, 3.8) is 0 Å². The lowest BCUT2D eigenvalue weighted by Crippen LogP contribution is -2.12. The Labute approximate surface area is 105 Å². The van der Waals surface area contributed by atoms with Gasteiger partial charge in [0.25, 0.3) is 6.43 Å². The second kappa shape index (κ2) is 5.90. The van der Waals surface area contributed by atoms with E-state index < -0.39 is 12.4 Å². The molecule has 0 fully saturated rings. The van der Waals surface area contributed by atoms with Crippen LogP contribution in [-0.2, 0) is 16.0 Å². The highest BCUT2D eigenvalue weighted by atomic mass is 79.9. The van der Waals surface area contributed by atoms with Crippen molar-refractivity contribution >= 4 is 27.7 Å². The summed E-state index contributed by atoms with van der Waals surface area (Å²) in [6.45, 7) is 1.82. The topological polar surface area (TPSA) is 65.2 Å². The zero-order valence-corrected chi connectivity index (χ0v) is 10.6.